The number of para-hydroxylation sites is 1. The van der Waals surface area contributed by atoms with Gasteiger partial charge in [-0.2, -0.15) is 0 Å². The lowest BCUT2D eigenvalue weighted by molar-refractivity contribution is 0.615. The summed E-state index contributed by atoms with van der Waals surface area (Å²) in [4.78, 5) is 2.49. The Morgan fingerprint density at radius 2 is 2.05 bits per heavy atom. The fourth-order valence-electron chi connectivity index (χ4n) is 3.21. The number of anilines is 1. The highest BCUT2D eigenvalue weighted by Gasteiger charge is 2.25. The highest BCUT2D eigenvalue weighted by molar-refractivity contribution is 6.33. The van der Waals surface area contributed by atoms with E-state index in [1.165, 1.54) is 36.9 Å². The van der Waals surface area contributed by atoms with E-state index in [1.54, 1.807) is 0 Å². The van der Waals surface area contributed by atoms with Gasteiger partial charge in [-0.1, -0.05) is 36.6 Å². The molecule has 0 aliphatic heterocycles. The molecule has 1 saturated carbocycles. The second-order valence-electron chi connectivity index (χ2n) is 5.65. The zero-order valence-electron chi connectivity index (χ0n) is 12.0. The van der Waals surface area contributed by atoms with E-state index in [-0.39, 0.29) is 6.04 Å². The van der Waals surface area contributed by atoms with Crippen LogP contribution < -0.4 is 10.6 Å². The maximum absolute atomic E-state index is 6.48. The van der Waals surface area contributed by atoms with Crippen molar-refractivity contribution in [1.29, 1.82) is 0 Å². The van der Waals surface area contributed by atoms with E-state index in [4.69, 9.17) is 17.3 Å². The van der Waals surface area contributed by atoms with E-state index in [1.807, 2.05) is 12.1 Å². The number of nitrogens with two attached hydrogens (primary N) is 1. The minimum Gasteiger partial charge on any atom is -0.367 e. The lowest BCUT2D eigenvalue weighted by Gasteiger charge is -2.33. The van der Waals surface area contributed by atoms with Crippen molar-refractivity contribution in [2.75, 3.05) is 11.4 Å². The summed E-state index contributed by atoms with van der Waals surface area (Å²) >= 11 is 6.48. The van der Waals surface area contributed by atoms with Gasteiger partial charge in [0.2, 0.25) is 0 Å². The Balaban J connectivity index is 2.34. The van der Waals surface area contributed by atoms with E-state index in [0.29, 0.717) is 6.04 Å². The van der Waals surface area contributed by atoms with Crippen LogP contribution in [-0.2, 0) is 6.42 Å². The molecule has 19 heavy (non-hydrogen) atoms. The third-order valence-electron chi connectivity index (χ3n) is 4.01. The quantitative estimate of drug-likeness (QED) is 0.883. The van der Waals surface area contributed by atoms with Crippen LogP contribution in [0.2, 0.25) is 5.02 Å². The van der Waals surface area contributed by atoms with Crippen LogP contribution in [0, 0.1) is 0 Å². The van der Waals surface area contributed by atoms with Gasteiger partial charge in [-0.3, -0.25) is 0 Å². The van der Waals surface area contributed by atoms with E-state index >= 15 is 0 Å². The zero-order valence-corrected chi connectivity index (χ0v) is 12.8. The van der Waals surface area contributed by atoms with Crippen molar-refractivity contribution in [2.24, 2.45) is 5.73 Å². The Bertz CT molecular complexity index is 411. The zero-order chi connectivity index (χ0) is 13.8. The molecular formula is C16H25ClN2. The first-order valence-corrected chi connectivity index (χ1v) is 7.81. The average molecular weight is 281 g/mol. The molecule has 2 N–H and O–H groups in total. The van der Waals surface area contributed by atoms with E-state index in [9.17, 15) is 0 Å². The van der Waals surface area contributed by atoms with Crippen LogP contribution in [0.5, 0.6) is 0 Å². The first-order chi connectivity index (χ1) is 9.13. The number of halogens is 1. The van der Waals surface area contributed by atoms with Crippen molar-refractivity contribution < 1.29 is 0 Å². The van der Waals surface area contributed by atoms with Crippen molar-refractivity contribution in [3.63, 3.8) is 0 Å². The van der Waals surface area contributed by atoms with Gasteiger partial charge in [0.05, 0.1) is 10.7 Å². The summed E-state index contributed by atoms with van der Waals surface area (Å²) in [7, 11) is 0. The summed E-state index contributed by atoms with van der Waals surface area (Å²) < 4.78 is 0. The first-order valence-electron chi connectivity index (χ1n) is 7.43. The lowest BCUT2D eigenvalue weighted by Crippen LogP contribution is -2.34. The van der Waals surface area contributed by atoms with Gasteiger partial charge >= 0.3 is 0 Å². The minimum absolute atomic E-state index is 0.166. The monoisotopic (exact) mass is 280 g/mol. The van der Waals surface area contributed by atoms with Gasteiger partial charge in [0, 0.05) is 18.6 Å². The number of rotatable bonds is 5. The highest BCUT2D eigenvalue weighted by atomic mass is 35.5. The van der Waals surface area contributed by atoms with Gasteiger partial charge < -0.3 is 10.6 Å². The number of hydrogen-bond acceptors (Lipinski definition) is 2. The number of benzene rings is 1. The topological polar surface area (TPSA) is 29.3 Å². The van der Waals surface area contributed by atoms with Gasteiger partial charge in [-0.05, 0) is 44.7 Å². The van der Waals surface area contributed by atoms with Crippen molar-refractivity contribution in [2.45, 2.75) is 58.0 Å². The van der Waals surface area contributed by atoms with Crippen molar-refractivity contribution in [3.05, 3.63) is 28.8 Å². The van der Waals surface area contributed by atoms with Crippen molar-refractivity contribution >= 4 is 17.3 Å². The summed E-state index contributed by atoms with van der Waals surface area (Å²) in [5.41, 5.74) is 8.48. The third-order valence-corrected chi connectivity index (χ3v) is 4.31. The molecule has 1 aromatic rings. The molecule has 2 nitrogen and oxygen atoms in total. The molecule has 1 atom stereocenters. The highest BCUT2D eigenvalue weighted by Crippen LogP contribution is 2.35. The van der Waals surface area contributed by atoms with Crippen LogP contribution in [0.15, 0.2) is 18.2 Å². The normalized spacial score (nSPS) is 17.7. The SMILES string of the molecule is CCN(c1c(Cl)cccc1CC(C)N)C1CCCC1. The van der Waals surface area contributed by atoms with Crippen LogP contribution >= 0.6 is 11.6 Å². The number of hydrogen-bond donors (Lipinski definition) is 1. The molecule has 1 unspecified atom stereocenters. The van der Waals surface area contributed by atoms with Crippen molar-refractivity contribution in [3.8, 4) is 0 Å². The molecule has 2 rings (SSSR count). The van der Waals surface area contributed by atoms with E-state index < -0.39 is 0 Å². The Kier molecular flexibility index (Phi) is 5.12. The molecule has 0 aromatic heterocycles. The first kappa shape index (κ1) is 14.7. The van der Waals surface area contributed by atoms with Crippen LogP contribution in [-0.4, -0.2) is 18.6 Å². The summed E-state index contributed by atoms with van der Waals surface area (Å²) in [6.45, 7) is 5.29. The van der Waals surface area contributed by atoms with Gasteiger partial charge in [0.1, 0.15) is 0 Å². The molecule has 0 amide bonds. The van der Waals surface area contributed by atoms with Gasteiger partial charge in [0.25, 0.3) is 0 Å². The third kappa shape index (κ3) is 3.43. The molecule has 1 aliphatic carbocycles. The van der Waals surface area contributed by atoms with Crippen LogP contribution in [0.25, 0.3) is 0 Å². The Morgan fingerprint density at radius 3 is 2.63 bits per heavy atom. The fourth-order valence-corrected chi connectivity index (χ4v) is 3.51. The summed E-state index contributed by atoms with van der Waals surface area (Å²) in [6.07, 6.45) is 6.15. The Labute approximate surface area is 121 Å². The van der Waals surface area contributed by atoms with Crippen LogP contribution in [0.4, 0.5) is 5.69 Å². The van der Waals surface area contributed by atoms with Gasteiger partial charge in [-0.15, -0.1) is 0 Å². The Hall–Kier alpha value is -0.730. The lowest BCUT2D eigenvalue weighted by atomic mass is 10.0. The molecule has 0 radical (unpaired) electrons. The molecule has 0 saturated heterocycles. The summed E-state index contributed by atoms with van der Waals surface area (Å²) in [5, 5.41) is 0.868. The Morgan fingerprint density at radius 1 is 1.37 bits per heavy atom. The average Bonchev–Trinajstić information content (AvgIpc) is 2.86. The second kappa shape index (κ2) is 6.62. The number of nitrogens with zero attached hydrogens (tertiary/aromatic N) is 1. The van der Waals surface area contributed by atoms with Crippen LogP contribution in [0.1, 0.15) is 45.1 Å². The molecule has 0 spiro atoms. The van der Waals surface area contributed by atoms with E-state index in [2.05, 4.69) is 24.8 Å². The molecule has 1 fully saturated rings. The molecule has 3 heteroatoms. The van der Waals surface area contributed by atoms with Crippen LogP contribution in [0.3, 0.4) is 0 Å². The molecule has 0 bridgehead atoms. The molecule has 0 heterocycles. The van der Waals surface area contributed by atoms with E-state index in [0.717, 1.165) is 18.0 Å². The minimum atomic E-state index is 0.166. The summed E-state index contributed by atoms with van der Waals surface area (Å²) in [6, 6.07) is 7.02. The van der Waals surface area contributed by atoms with Crippen molar-refractivity contribution in [1.82, 2.24) is 0 Å². The largest absolute Gasteiger partial charge is 0.367 e. The van der Waals surface area contributed by atoms with Gasteiger partial charge in [-0.25, -0.2) is 0 Å². The standard InChI is InChI=1S/C16H25ClN2/c1-3-19(14-8-4-5-9-14)16-13(11-12(2)18)7-6-10-15(16)17/h6-7,10,12,14H,3-5,8-9,11,18H2,1-2H3. The maximum Gasteiger partial charge on any atom is 0.0642 e. The molecule has 106 valence electrons. The smallest absolute Gasteiger partial charge is 0.0642 e. The summed E-state index contributed by atoms with van der Waals surface area (Å²) in [5.74, 6) is 0. The maximum atomic E-state index is 6.48. The predicted octanol–water partition coefficient (Wildman–Crippen LogP) is 4.00. The molecule has 1 aromatic carbocycles. The van der Waals surface area contributed by atoms with Gasteiger partial charge in [0.15, 0.2) is 0 Å². The fraction of sp³-hybridized carbons (Fsp3) is 0.625. The predicted molar refractivity (Wildman–Crippen MR) is 84.1 cm³/mol. The second-order valence-corrected chi connectivity index (χ2v) is 6.06. The molecular weight excluding hydrogens is 256 g/mol. The molecule has 1 aliphatic rings.